The Morgan fingerprint density at radius 1 is 1.03 bits per heavy atom. The molecular weight excluding hydrogens is 459 g/mol. The molecule has 0 amide bonds. The van der Waals surface area contributed by atoms with E-state index in [-0.39, 0.29) is 27.4 Å². The van der Waals surface area contributed by atoms with Crippen LogP contribution in [-0.4, -0.2) is 22.7 Å². The highest BCUT2D eigenvalue weighted by atomic mass is 32.2. The van der Waals surface area contributed by atoms with E-state index >= 15 is 0 Å². The molecule has 7 nitrogen and oxygen atoms in total. The summed E-state index contributed by atoms with van der Waals surface area (Å²) in [4.78, 5) is 15.2. The van der Waals surface area contributed by atoms with E-state index in [2.05, 4.69) is 4.98 Å². The Morgan fingerprint density at radius 2 is 1.73 bits per heavy atom. The fraction of sp³-hybridized carbons (Fsp3) is 0.136. The highest BCUT2D eigenvalue weighted by Gasteiger charge is 2.31. The van der Waals surface area contributed by atoms with Crippen molar-refractivity contribution in [1.82, 2.24) is 9.38 Å². The van der Waals surface area contributed by atoms with Crippen molar-refractivity contribution in [2.24, 2.45) is 0 Å². The molecule has 0 saturated carbocycles. The van der Waals surface area contributed by atoms with Crippen LogP contribution in [0.25, 0.3) is 16.8 Å². The smallest absolute Gasteiger partial charge is 0.358 e. The molecule has 4 rings (SSSR count). The van der Waals surface area contributed by atoms with E-state index in [1.165, 1.54) is 42.6 Å². The molecule has 0 atom stereocenters. The summed E-state index contributed by atoms with van der Waals surface area (Å²) in [5, 5.41) is 11.8. The highest BCUT2D eigenvalue weighted by molar-refractivity contribution is 7.90. The average Bonchev–Trinajstić information content (AvgIpc) is 3.10. The number of halogens is 3. The minimum atomic E-state index is -4.54. The van der Waals surface area contributed by atoms with Gasteiger partial charge in [-0.25, -0.2) is 13.4 Å². The number of alkyl halides is 3. The third-order valence-electron chi connectivity index (χ3n) is 5.07. The van der Waals surface area contributed by atoms with Crippen LogP contribution in [0.1, 0.15) is 16.8 Å². The van der Waals surface area contributed by atoms with E-state index in [0.29, 0.717) is 0 Å². The van der Waals surface area contributed by atoms with Gasteiger partial charge in [-0.1, -0.05) is 29.8 Å². The molecule has 0 saturated heterocycles. The topological polar surface area (TPSA) is 94.6 Å². The number of pyridine rings is 1. The van der Waals surface area contributed by atoms with Gasteiger partial charge in [-0.05, 0) is 47.7 Å². The molecule has 2 aromatic carbocycles. The lowest BCUT2D eigenvalue weighted by Crippen LogP contribution is -2.07. The Balaban J connectivity index is 1.80. The lowest BCUT2D eigenvalue weighted by atomic mass is 10.0. The van der Waals surface area contributed by atoms with Crippen LogP contribution in [-0.2, 0) is 21.8 Å². The number of benzene rings is 2. The number of nitrogens with zero attached hydrogens (tertiary/aromatic N) is 3. The number of nitro groups is 1. The number of hydrogen-bond donors (Lipinski definition) is 0. The van der Waals surface area contributed by atoms with Crippen LogP contribution in [0.2, 0.25) is 0 Å². The molecule has 0 spiro atoms. The molecule has 0 unspecified atom stereocenters. The van der Waals surface area contributed by atoms with Crippen LogP contribution >= 0.6 is 0 Å². The van der Waals surface area contributed by atoms with Crippen molar-refractivity contribution in [3.05, 3.63) is 93.8 Å². The number of fused-ring (bicyclic) bond motifs is 1. The Kier molecular flexibility index (Phi) is 5.44. The maximum absolute atomic E-state index is 13.1. The fourth-order valence-electron chi connectivity index (χ4n) is 3.43. The molecular formula is C22H16F3N3O4S. The summed E-state index contributed by atoms with van der Waals surface area (Å²) in [5.41, 5.74) is 0.318. The van der Waals surface area contributed by atoms with Gasteiger partial charge in [0.05, 0.1) is 10.5 Å². The Morgan fingerprint density at radius 3 is 2.36 bits per heavy atom. The molecule has 2 aromatic heterocycles. The normalized spacial score (nSPS) is 12.2. The summed E-state index contributed by atoms with van der Waals surface area (Å²) in [6, 6.07) is 13.5. The summed E-state index contributed by atoms with van der Waals surface area (Å²) in [7, 11) is -3.92. The molecule has 33 heavy (non-hydrogen) atoms. The Labute approximate surface area is 186 Å². The molecule has 0 aliphatic carbocycles. The summed E-state index contributed by atoms with van der Waals surface area (Å²) in [5.74, 6) is -1.26. The zero-order valence-corrected chi connectivity index (χ0v) is 17.9. The van der Waals surface area contributed by atoms with Crippen LogP contribution in [0.5, 0.6) is 0 Å². The van der Waals surface area contributed by atoms with E-state index in [9.17, 15) is 31.7 Å². The average molecular weight is 475 g/mol. The van der Waals surface area contributed by atoms with Crippen LogP contribution in [0, 0.1) is 17.0 Å². The second kappa shape index (κ2) is 8.00. The maximum Gasteiger partial charge on any atom is 0.416 e. The molecule has 0 aliphatic heterocycles. The largest absolute Gasteiger partial charge is 0.416 e. The lowest BCUT2D eigenvalue weighted by molar-refractivity contribution is -0.391. The van der Waals surface area contributed by atoms with Gasteiger partial charge in [0.2, 0.25) is 5.65 Å². The number of hydrogen-bond acceptors (Lipinski definition) is 5. The zero-order valence-electron chi connectivity index (χ0n) is 17.1. The number of aromatic nitrogens is 2. The predicted octanol–water partition coefficient (Wildman–Crippen LogP) is 5.21. The first-order valence-corrected chi connectivity index (χ1v) is 11.2. The van der Waals surface area contributed by atoms with Gasteiger partial charge in [-0.2, -0.15) is 17.6 Å². The summed E-state index contributed by atoms with van der Waals surface area (Å²) < 4.78 is 65.9. The molecule has 0 bridgehead atoms. The minimum Gasteiger partial charge on any atom is -0.358 e. The van der Waals surface area contributed by atoms with E-state index in [4.69, 9.17) is 0 Å². The van der Waals surface area contributed by atoms with Gasteiger partial charge in [0.25, 0.3) is 0 Å². The van der Waals surface area contributed by atoms with Crippen molar-refractivity contribution in [3.8, 4) is 11.1 Å². The van der Waals surface area contributed by atoms with Crippen molar-refractivity contribution in [3.63, 3.8) is 0 Å². The standard InChI is InChI=1S/C22H16F3N3O4S/c1-14-5-8-18(9-6-14)33(31,32)13-19-21(28(29)30)27-12-16(7-10-20(27)26-19)15-3-2-4-17(11-15)22(23,24)25/h2-12H,13H2,1H3. The molecule has 0 radical (unpaired) electrons. The van der Waals surface area contributed by atoms with E-state index < -0.39 is 38.1 Å². The Bertz CT molecular complexity index is 1480. The van der Waals surface area contributed by atoms with E-state index in [1.807, 2.05) is 0 Å². The van der Waals surface area contributed by atoms with Crippen LogP contribution in [0.3, 0.4) is 0 Å². The van der Waals surface area contributed by atoms with E-state index in [1.54, 1.807) is 19.1 Å². The third-order valence-corrected chi connectivity index (χ3v) is 6.71. The molecule has 170 valence electrons. The highest BCUT2D eigenvalue weighted by Crippen LogP contribution is 2.33. The minimum absolute atomic E-state index is 0.00380. The monoisotopic (exact) mass is 475 g/mol. The molecule has 2 heterocycles. The first kappa shape index (κ1) is 22.5. The van der Waals surface area contributed by atoms with Gasteiger partial charge in [0.1, 0.15) is 11.9 Å². The van der Waals surface area contributed by atoms with E-state index in [0.717, 1.165) is 22.1 Å². The van der Waals surface area contributed by atoms with Crippen molar-refractivity contribution in [2.75, 3.05) is 0 Å². The summed E-state index contributed by atoms with van der Waals surface area (Å²) >= 11 is 0. The molecule has 11 heteroatoms. The number of imidazole rings is 1. The molecule has 0 aliphatic rings. The first-order chi connectivity index (χ1) is 15.5. The first-order valence-electron chi connectivity index (χ1n) is 9.58. The van der Waals surface area contributed by atoms with Crippen LogP contribution < -0.4 is 0 Å². The molecule has 4 aromatic rings. The van der Waals surface area contributed by atoms with Crippen molar-refractivity contribution in [2.45, 2.75) is 23.7 Å². The second-order valence-corrected chi connectivity index (χ2v) is 9.43. The van der Waals surface area contributed by atoms with Crippen molar-refractivity contribution >= 4 is 21.3 Å². The van der Waals surface area contributed by atoms with Crippen molar-refractivity contribution in [1.29, 1.82) is 0 Å². The predicted molar refractivity (Wildman–Crippen MR) is 114 cm³/mol. The second-order valence-electron chi connectivity index (χ2n) is 7.44. The van der Waals surface area contributed by atoms with Gasteiger partial charge >= 0.3 is 12.0 Å². The van der Waals surface area contributed by atoms with Gasteiger partial charge in [0, 0.05) is 11.6 Å². The molecule has 0 N–H and O–H groups in total. The quantitative estimate of drug-likeness (QED) is 0.292. The Hall–Kier alpha value is -3.73. The third kappa shape index (κ3) is 4.44. The number of sulfone groups is 1. The summed E-state index contributed by atoms with van der Waals surface area (Å²) in [6.07, 6.45) is -3.27. The maximum atomic E-state index is 13.1. The van der Waals surface area contributed by atoms with Gasteiger partial charge in [-0.3, -0.25) is 0 Å². The lowest BCUT2D eigenvalue weighted by Gasteiger charge is -2.08. The zero-order chi connectivity index (χ0) is 24.0. The molecule has 0 fully saturated rings. The van der Waals surface area contributed by atoms with Crippen LogP contribution in [0.4, 0.5) is 19.0 Å². The van der Waals surface area contributed by atoms with Crippen LogP contribution in [0.15, 0.2) is 71.8 Å². The SMILES string of the molecule is Cc1ccc(S(=O)(=O)Cc2nc3ccc(-c4cccc(C(F)(F)F)c4)cn3c2[N+](=O)[O-])cc1. The number of aryl methyl sites for hydroxylation is 1. The number of rotatable bonds is 5. The van der Waals surface area contributed by atoms with Gasteiger partial charge < -0.3 is 10.1 Å². The van der Waals surface area contributed by atoms with Gasteiger partial charge in [0.15, 0.2) is 15.5 Å². The fourth-order valence-corrected chi connectivity index (χ4v) is 4.70. The van der Waals surface area contributed by atoms with Crippen molar-refractivity contribution < 1.29 is 26.5 Å². The summed E-state index contributed by atoms with van der Waals surface area (Å²) in [6.45, 7) is 1.80. The van der Waals surface area contributed by atoms with Gasteiger partial charge in [-0.15, -0.1) is 0 Å².